The minimum Gasteiger partial charge on any atom is -0.357 e. The van der Waals surface area contributed by atoms with Gasteiger partial charge < -0.3 is 10.6 Å². The Morgan fingerprint density at radius 1 is 1.12 bits per heavy atom. The minimum absolute atomic E-state index is 0.592. The topological polar surface area (TPSA) is 42.1 Å². The fraction of sp³-hybridized carbons (Fsp3) is 0.643. The molecule has 0 bridgehead atoms. The van der Waals surface area contributed by atoms with E-state index in [-0.39, 0.29) is 0 Å². The first-order valence-corrected chi connectivity index (χ1v) is 6.69. The Labute approximate surface area is 105 Å². The van der Waals surface area contributed by atoms with Crippen LogP contribution in [-0.4, -0.2) is 18.1 Å². The van der Waals surface area contributed by atoms with E-state index < -0.39 is 0 Å². The van der Waals surface area contributed by atoms with Gasteiger partial charge in [0.2, 0.25) is 0 Å². The van der Waals surface area contributed by atoms with Crippen molar-refractivity contribution in [2.45, 2.75) is 46.6 Å². The zero-order valence-electron chi connectivity index (χ0n) is 11.4. The number of pyridine rings is 1. The maximum absolute atomic E-state index is 5.74. The van der Waals surface area contributed by atoms with E-state index in [1.165, 1.54) is 5.56 Å². The normalized spacial score (nSPS) is 10.6. The fourth-order valence-corrected chi connectivity index (χ4v) is 1.97. The number of rotatable bonds is 7. The Morgan fingerprint density at radius 2 is 1.76 bits per heavy atom. The van der Waals surface area contributed by atoms with Crippen LogP contribution >= 0.6 is 0 Å². The summed E-state index contributed by atoms with van der Waals surface area (Å²) < 4.78 is 0. The van der Waals surface area contributed by atoms with Crippen molar-refractivity contribution in [3.63, 3.8) is 0 Å². The van der Waals surface area contributed by atoms with Crippen LogP contribution in [0.1, 0.15) is 44.9 Å². The van der Waals surface area contributed by atoms with Crippen LogP contribution in [0.5, 0.6) is 0 Å². The second kappa shape index (κ2) is 7.28. The second-order valence-electron chi connectivity index (χ2n) is 4.37. The van der Waals surface area contributed by atoms with Gasteiger partial charge in [0, 0.05) is 25.3 Å². The van der Waals surface area contributed by atoms with Crippen molar-refractivity contribution in [3.05, 3.63) is 23.4 Å². The fourth-order valence-electron chi connectivity index (χ4n) is 1.97. The zero-order chi connectivity index (χ0) is 12.7. The molecule has 0 saturated carbocycles. The molecule has 0 saturated heterocycles. The molecule has 2 N–H and O–H groups in total. The summed E-state index contributed by atoms with van der Waals surface area (Å²) >= 11 is 0. The summed E-state index contributed by atoms with van der Waals surface area (Å²) in [7, 11) is 0. The van der Waals surface area contributed by atoms with E-state index in [2.05, 4.69) is 37.8 Å². The molecule has 0 fully saturated rings. The van der Waals surface area contributed by atoms with E-state index in [9.17, 15) is 0 Å². The van der Waals surface area contributed by atoms with Crippen LogP contribution in [0.25, 0.3) is 0 Å². The first-order valence-electron chi connectivity index (χ1n) is 6.69. The van der Waals surface area contributed by atoms with Gasteiger partial charge in [0.15, 0.2) is 0 Å². The highest BCUT2D eigenvalue weighted by Crippen LogP contribution is 2.16. The van der Waals surface area contributed by atoms with Gasteiger partial charge in [0.1, 0.15) is 5.82 Å². The Kier molecular flexibility index (Phi) is 5.98. The number of nitrogens with two attached hydrogens (primary N) is 1. The van der Waals surface area contributed by atoms with Gasteiger partial charge in [-0.05, 0) is 37.0 Å². The van der Waals surface area contributed by atoms with Crippen LogP contribution in [0.4, 0.5) is 5.82 Å². The van der Waals surface area contributed by atoms with Crippen molar-refractivity contribution in [2.75, 3.05) is 18.0 Å². The third-order valence-electron chi connectivity index (χ3n) is 2.83. The molecule has 3 heteroatoms. The van der Waals surface area contributed by atoms with Crippen LogP contribution in [0, 0.1) is 0 Å². The van der Waals surface area contributed by atoms with Crippen molar-refractivity contribution < 1.29 is 0 Å². The van der Waals surface area contributed by atoms with Crippen molar-refractivity contribution >= 4 is 5.82 Å². The smallest absolute Gasteiger partial charge is 0.129 e. The molecule has 3 nitrogen and oxygen atoms in total. The number of hydrogen-bond acceptors (Lipinski definition) is 3. The first kappa shape index (κ1) is 14.0. The summed E-state index contributed by atoms with van der Waals surface area (Å²) in [4.78, 5) is 7.07. The monoisotopic (exact) mass is 235 g/mol. The molecule has 0 atom stereocenters. The summed E-state index contributed by atoms with van der Waals surface area (Å²) in [6.45, 7) is 9.27. The van der Waals surface area contributed by atoms with Crippen molar-refractivity contribution in [2.24, 2.45) is 5.73 Å². The van der Waals surface area contributed by atoms with E-state index >= 15 is 0 Å². The SMILES string of the molecule is CCCN(CCC)c1cc(CN)cc(CC)n1. The molecular weight excluding hydrogens is 210 g/mol. The molecule has 17 heavy (non-hydrogen) atoms. The lowest BCUT2D eigenvalue weighted by Crippen LogP contribution is -2.26. The molecule has 0 aromatic carbocycles. The molecule has 0 aliphatic carbocycles. The average molecular weight is 235 g/mol. The lowest BCUT2D eigenvalue weighted by Gasteiger charge is -2.23. The summed E-state index contributed by atoms with van der Waals surface area (Å²) in [6.07, 6.45) is 3.26. The predicted octanol–water partition coefficient (Wildman–Crippen LogP) is 2.73. The third-order valence-corrected chi connectivity index (χ3v) is 2.83. The van der Waals surface area contributed by atoms with E-state index in [1.54, 1.807) is 0 Å². The average Bonchev–Trinajstić information content (AvgIpc) is 2.37. The molecule has 1 aromatic rings. The summed E-state index contributed by atoms with van der Waals surface area (Å²) in [5.74, 6) is 1.09. The zero-order valence-corrected chi connectivity index (χ0v) is 11.4. The van der Waals surface area contributed by atoms with Crippen LogP contribution in [-0.2, 0) is 13.0 Å². The number of aromatic nitrogens is 1. The van der Waals surface area contributed by atoms with Crippen molar-refractivity contribution in [3.8, 4) is 0 Å². The second-order valence-corrected chi connectivity index (χ2v) is 4.37. The van der Waals surface area contributed by atoms with Gasteiger partial charge in [-0.3, -0.25) is 0 Å². The first-order chi connectivity index (χ1) is 8.24. The number of anilines is 1. The maximum Gasteiger partial charge on any atom is 0.129 e. The van der Waals surface area contributed by atoms with E-state index in [4.69, 9.17) is 10.7 Å². The van der Waals surface area contributed by atoms with Gasteiger partial charge in [-0.15, -0.1) is 0 Å². The maximum atomic E-state index is 5.74. The van der Waals surface area contributed by atoms with Crippen LogP contribution in [0.2, 0.25) is 0 Å². The highest BCUT2D eigenvalue weighted by atomic mass is 15.2. The number of hydrogen-bond donors (Lipinski definition) is 1. The van der Waals surface area contributed by atoms with E-state index in [0.717, 1.165) is 43.9 Å². The quantitative estimate of drug-likeness (QED) is 0.790. The van der Waals surface area contributed by atoms with Gasteiger partial charge in [0.05, 0.1) is 0 Å². The van der Waals surface area contributed by atoms with Crippen molar-refractivity contribution in [1.82, 2.24) is 4.98 Å². The van der Waals surface area contributed by atoms with Crippen LogP contribution in [0.15, 0.2) is 12.1 Å². The van der Waals surface area contributed by atoms with E-state index in [0.29, 0.717) is 6.54 Å². The molecular formula is C14H25N3. The summed E-state index contributed by atoms with van der Waals surface area (Å²) in [6, 6.07) is 4.24. The highest BCUT2D eigenvalue weighted by molar-refractivity contribution is 5.42. The minimum atomic E-state index is 0.592. The van der Waals surface area contributed by atoms with Crippen LogP contribution in [0.3, 0.4) is 0 Å². The Hall–Kier alpha value is -1.09. The van der Waals surface area contributed by atoms with Gasteiger partial charge >= 0.3 is 0 Å². The van der Waals surface area contributed by atoms with Gasteiger partial charge in [0.25, 0.3) is 0 Å². The Balaban J connectivity index is 2.99. The molecule has 0 amide bonds. The summed E-state index contributed by atoms with van der Waals surface area (Å²) in [5.41, 5.74) is 8.07. The molecule has 1 heterocycles. The molecule has 1 rings (SSSR count). The molecule has 0 spiro atoms. The van der Waals surface area contributed by atoms with E-state index in [1.807, 2.05) is 0 Å². The highest BCUT2D eigenvalue weighted by Gasteiger charge is 2.08. The lowest BCUT2D eigenvalue weighted by atomic mass is 10.2. The molecule has 0 aliphatic rings. The lowest BCUT2D eigenvalue weighted by molar-refractivity contribution is 0.730. The van der Waals surface area contributed by atoms with Gasteiger partial charge in [-0.1, -0.05) is 20.8 Å². The molecule has 0 aliphatic heterocycles. The van der Waals surface area contributed by atoms with Gasteiger partial charge in [-0.25, -0.2) is 4.98 Å². The third kappa shape index (κ3) is 4.00. The number of nitrogens with zero attached hydrogens (tertiary/aromatic N) is 2. The Bertz CT molecular complexity index is 308. The molecule has 0 radical (unpaired) electrons. The molecule has 1 aromatic heterocycles. The largest absolute Gasteiger partial charge is 0.357 e. The standard InChI is InChI=1S/C14H25N3/c1-4-7-17(8-5-2)14-10-12(11-15)9-13(6-3)16-14/h9-10H,4-8,11,15H2,1-3H3. The molecule has 96 valence electrons. The van der Waals surface area contributed by atoms with Gasteiger partial charge in [-0.2, -0.15) is 0 Å². The van der Waals surface area contributed by atoms with Crippen molar-refractivity contribution in [1.29, 1.82) is 0 Å². The molecule has 0 unspecified atom stereocenters. The Morgan fingerprint density at radius 3 is 2.24 bits per heavy atom. The predicted molar refractivity (Wildman–Crippen MR) is 74.3 cm³/mol. The number of aryl methyl sites for hydroxylation is 1. The summed E-state index contributed by atoms with van der Waals surface area (Å²) in [5, 5.41) is 0. The van der Waals surface area contributed by atoms with Crippen LogP contribution < -0.4 is 10.6 Å².